The summed E-state index contributed by atoms with van der Waals surface area (Å²) in [5, 5.41) is 9.89. The number of aromatic nitrogens is 1. The molecule has 0 amide bonds. The number of H-pyrrole nitrogens is 1. The number of halogens is 2. The van der Waals surface area contributed by atoms with Crippen molar-refractivity contribution in [3.05, 3.63) is 40.0 Å². The molecule has 3 N–H and O–H groups in total. The van der Waals surface area contributed by atoms with Gasteiger partial charge in [0.05, 0.1) is 10.0 Å². The summed E-state index contributed by atoms with van der Waals surface area (Å²) in [6, 6.07) is 7.22. The maximum atomic E-state index is 8.96. The number of nitrogens with zero attached hydrogens (tertiary/aromatic N) is 1. The van der Waals surface area contributed by atoms with Crippen molar-refractivity contribution < 1.29 is 0 Å². The number of anilines is 1. The second-order valence-corrected chi connectivity index (χ2v) is 4.05. The van der Waals surface area contributed by atoms with Crippen molar-refractivity contribution in [1.29, 1.82) is 5.26 Å². The predicted molar refractivity (Wildman–Crippen MR) is 65.4 cm³/mol. The Morgan fingerprint density at radius 1 is 1.25 bits per heavy atom. The Bertz CT molecular complexity index is 581. The van der Waals surface area contributed by atoms with Gasteiger partial charge in [-0.25, -0.2) is 0 Å². The molecule has 0 aliphatic carbocycles. The van der Waals surface area contributed by atoms with E-state index in [4.69, 9.17) is 34.2 Å². The zero-order valence-electron chi connectivity index (χ0n) is 8.09. The van der Waals surface area contributed by atoms with Crippen LogP contribution in [0.5, 0.6) is 0 Å². The minimum atomic E-state index is 0.351. The van der Waals surface area contributed by atoms with Gasteiger partial charge in [-0.3, -0.25) is 0 Å². The highest BCUT2D eigenvalue weighted by atomic mass is 35.5. The molecule has 2 rings (SSSR count). The van der Waals surface area contributed by atoms with E-state index in [0.717, 1.165) is 11.1 Å². The molecule has 0 unspecified atom stereocenters. The van der Waals surface area contributed by atoms with Gasteiger partial charge in [0.15, 0.2) is 0 Å². The summed E-state index contributed by atoms with van der Waals surface area (Å²) in [6.07, 6.45) is 1.67. The number of hydrogen-bond acceptors (Lipinski definition) is 2. The first kappa shape index (κ1) is 10.9. The van der Waals surface area contributed by atoms with Gasteiger partial charge in [-0.15, -0.1) is 0 Å². The standard InChI is InChI=1S/C11H7Cl2N3/c12-9-2-1-6(3-10(9)13)8-5-16-11(15)7(8)4-14/h1-3,5,16H,15H2. The number of aromatic amines is 1. The van der Waals surface area contributed by atoms with E-state index >= 15 is 0 Å². The number of nitrogens with two attached hydrogens (primary N) is 1. The fourth-order valence-corrected chi connectivity index (χ4v) is 1.75. The molecule has 0 aliphatic rings. The van der Waals surface area contributed by atoms with E-state index < -0.39 is 0 Å². The van der Waals surface area contributed by atoms with Crippen LogP contribution in [0.25, 0.3) is 11.1 Å². The van der Waals surface area contributed by atoms with Crippen LogP contribution in [0, 0.1) is 11.3 Å². The molecule has 5 heteroatoms. The van der Waals surface area contributed by atoms with Gasteiger partial charge in [0, 0.05) is 11.8 Å². The third-order valence-electron chi connectivity index (χ3n) is 2.25. The maximum Gasteiger partial charge on any atom is 0.119 e. The molecule has 80 valence electrons. The summed E-state index contributed by atoms with van der Waals surface area (Å²) in [5.74, 6) is 0.351. The smallest absolute Gasteiger partial charge is 0.119 e. The van der Waals surface area contributed by atoms with Crippen molar-refractivity contribution in [2.45, 2.75) is 0 Å². The number of benzene rings is 1. The van der Waals surface area contributed by atoms with Crippen molar-refractivity contribution in [3.8, 4) is 17.2 Å². The summed E-state index contributed by atoms with van der Waals surface area (Å²) >= 11 is 11.7. The van der Waals surface area contributed by atoms with Crippen LogP contribution < -0.4 is 5.73 Å². The van der Waals surface area contributed by atoms with Crippen LogP contribution in [0.3, 0.4) is 0 Å². The van der Waals surface area contributed by atoms with E-state index in [1.165, 1.54) is 0 Å². The van der Waals surface area contributed by atoms with Gasteiger partial charge in [0.25, 0.3) is 0 Å². The lowest BCUT2D eigenvalue weighted by molar-refractivity contribution is 1.40. The predicted octanol–water partition coefficient (Wildman–Crippen LogP) is 3.44. The first-order chi connectivity index (χ1) is 7.63. The Morgan fingerprint density at radius 2 is 2.00 bits per heavy atom. The molecule has 0 atom stereocenters. The second kappa shape index (κ2) is 4.09. The van der Waals surface area contributed by atoms with Gasteiger partial charge >= 0.3 is 0 Å². The van der Waals surface area contributed by atoms with E-state index in [2.05, 4.69) is 4.98 Å². The SMILES string of the molecule is N#Cc1c(-c2ccc(Cl)c(Cl)c2)c[nH]c1N. The van der Waals surface area contributed by atoms with Crippen LogP contribution >= 0.6 is 23.2 Å². The summed E-state index contributed by atoms with van der Waals surface area (Å²) in [7, 11) is 0. The Balaban J connectivity index is 2.60. The zero-order valence-corrected chi connectivity index (χ0v) is 9.60. The lowest BCUT2D eigenvalue weighted by atomic mass is 10.1. The lowest BCUT2D eigenvalue weighted by Gasteiger charge is -2.01. The Labute approximate surface area is 102 Å². The first-order valence-corrected chi connectivity index (χ1v) is 5.21. The molecular weight excluding hydrogens is 245 g/mol. The molecule has 1 aromatic carbocycles. The van der Waals surface area contributed by atoms with Crippen LogP contribution in [0.4, 0.5) is 5.82 Å². The van der Waals surface area contributed by atoms with Gasteiger partial charge in [0.1, 0.15) is 17.5 Å². The number of hydrogen-bond donors (Lipinski definition) is 2. The average Bonchev–Trinajstić information content (AvgIpc) is 2.63. The molecule has 0 saturated carbocycles. The van der Waals surface area contributed by atoms with Gasteiger partial charge in [-0.2, -0.15) is 5.26 Å². The number of rotatable bonds is 1. The first-order valence-electron chi connectivity index (χ1n) is 4.46. The minimum absolute atomic E-state index is 0.351. The Hall–Kier alpha value is -1.63. The fraction of sp³-hybridized carbons (Fsp3) is 0. The fourth-order valence-electron chi connectivity index (χ4n) is 1.45. The van der Waals surface area contributed by atoms with Crippen molar-refractivity contribution in [1.82, 2.24) is 4.98 Å². The highest BCUT2D eigenvalue weighted by Gasteiger charge is 2.11. The topological polar surface area (TPSA) is 65.6 Å². The Morgan fingerprint density at radius 3 is 2.62 bits per heavy atom. The molecule has 0 bridgehead atoms. The normalized spacial score (nSPS) is 10.1. The van der Waals surface area contributed by atoms with Crippen molar-refractivity contribution in [2.75, 3.05) is 5.73 Å². The monoisotopic (exact) mass is 251 g/mol. The summed E-state index contributed by atoms with van der Waals surface area (Å²) in [4.78, 5) is 2.80. The summed E-state index contributed by atoms with van der Waals surface area (Å²) < 4.78 is 0. The second-order valence-electron chi connectivity index (χ2n) is 3.23. The van der Waals surface area contributed by atoms with E-state index in [1.807, 2.05) is 6.07 Å². The molecule has 2 aromatic rings. The molecule has 3 nitrogen and oxygen atoms in total. The summed E-state index contributed by atoms with van der Waals surface area (Å²) in [5.41, 5.74) is 7.56. The molecule has 0 fully saturated rings. The Kier molecular flexibility index (Phi) is 2.78. The molecule has 0 spiro atoms. The van der Waals surface area contributed by atoms with E-state index in [9.17, 15) is 0 Å². The molecule has 0 radical (unpaired) electrons. The average molecular weight is 252 g/mol. The van der Waals surface area contributed by atoms with Crippen LogP contribution in [-0.4, -0.2) is 4.98 Å². The van der Waals surface area contributed by atoms with Crippen molar-refractivity contribution in [3.63, 3.8) is 0 Å². The van der Waals surface area contributed by atoms with Crippen LogP contribution in [0.15, 0.2) is 24.4 Å². The van der Waals surface area contributed by atoms with Crippen LogP contribution in [0.1, 0.15) is 5.56 Å². The quantitative estimate of drug-likeness (QED) is 0.816. The van der Waals surface area contributed by atoms with Gasteiger partial charge in [-0.1, -0.05) is 29.3 Å². The van der Waals surface area contributed by atoms with E-state index in [0.29, 0.717) is 21.4 Å². The summed E-state index contributed by atoms with van der Waals surface area (Å²) in [6.45, 7) is 0. The third-order valence-corrected chi connectivity index (χ3v) is 2.99. The number of nitrogen functional groups attached to an aromatic ring is 1. The van der Waals surface area contributed by atoms with Gasteiger partial charge < -0.3 is 10.7 Å². The van der Waals surface area contributed by atoms with E-state index in [-0.39, 0.29) is 0 Å². The molecule has 1 heterocycles. The molecule has 16 heavy (non-hydrogen) atoms. The zero-order chi connectivity index (χ0) is 11.7. The van der Waals surface area contributed by atoms with Crippen LogP contribution in [0.2, 0.25) is 10.0 Å². The highest BCUT2D eigenvalue weighted by Crippen LogP contribution is 2.31. The molecule has 0 saturated heterocycles. The van der Waals surface area contributed by atoms with Gasteiger partial charge in [-0.05, 0) is 17.7 Å². The van der Waals surface area contributed by atoms with Crippen LogP contribution in [-0.2, 0) is 0 Å². The molecular formula is C11H7Cl2N3. The minimum Gasteiger partial charge on any atom is -0.384 e. The maximum absolute atomic E-state index is 8.96. The lowest BCUT2D eigenvalue weighted by Crippen LogP contribution is -1.87. The van der Waals surface area contributed by atoms with Crippen molar-refractivity contribution >= 4 is 29.0 Å². The van der Waals surface area contributed by atoms with Crippen molar-refractivity contribution in [2.24, 2.45) is 0 Å². The largest absolute Gasteiger partial charge is 0.384 e. The van der Waals surface area contributed by atoms with Gasteiger partial charge in [0.2, 0.25) is 0 Å². The number of nitriles is 1. The molecule has 0 aliphatic heterocycles. The third kappa shape index (κ3) is 1.73. The highest BCUT2D eigenvalue weighted by molar-refractivity contribution is 6.42. The van der Waals surface area contributed by atoms with E-state index in [1.54, 1.807) is 24.4 Å². The molecule has 1 aromatic heterocycles. The number of nitrogens with one attached hydrogen (secondary N) is 1.